The van der Waals surface area contributed by atoms with Crippen molar-refractivity contribution >= 4 is 17.8 Å². The summed E-state index contributed by atoms with van der Waals surface area (Å²) >= 11 is 0. The second-order valence-corrected chi connectivity index (χ2v) is 6.57. The first kappa shape index (κ1) is 21.2. The number of carbonyl (C=O) groups is 3. The second kappa shape index (κ2) is 10.9. The van der Waals surface area contributed by atoms with Gasteiger partial charge < -0.3 is 15.4 Å². The fourth-order valence-corrected chi connectivity index (χ4v) is 2.57. The third kappa shape index (κ3) is 6.54. The van der Waals surface area contributed by atoms with Gasteiger partial charge in [-0.15, -0.1) is 0 Å². The van der Waals surface area contributed by atoms with Crippen LogP contribution in [0.15, 0.2) is 60.7 Å². The molecule has 148 valence electrons. The summed E-state index contributed by atoms with van der Waals surface area (Å²) < 4.78 is 5.15. The zero-order valence-electron chi connectivity index (χ0n) is 16.2. The van der Waals surface area contributed by atoms with E-state index in [4.69, 9.17) is 4.74 Å². The van der Waals surface area contributed by atoms with Crippen molar-refractivity contribution in [2.45, 2.75) is 32.9 Å². The molecule has 0 fully saturated rings. The Morgan fingerprint density at radius 2 is 1.57 bits per heavy atom. The average Bonchev–Trinajstić information content (AvgIpc) is 2.75. The quantitative estimate of drug-likeness (QED) is 0.653. The molecule has 2 amide bonds. The highest BCUT2D eigenvalue weighted by Gasteiger charge is 2.26. The SMILES string of the molecule is CC[C@H](C)[C@H](NC(=O)c1ccccc1)C(=O)NCC(=O)OCc1ccccc1. The van der Waals surface area contributed by atoms with E-state index >= 15 is 0 Å². The van der Waals surface area contributed by atoms with Crippen LogP contribution in [0.4, 0.5) is 0 Å². The molecular weight excluding hydrogens is 356 g/mol. The van der Waals surface area contributed by atoms with Gasteiger partial charge in [-0.25, -0.2) is 0 Å². The van der Waals surface area contributed by atoms with Gasteiger partial charge in [0.1, 0.15) is 19.2 Å². The number of esters is 1. The van der Waals surface area contributed by atoms with Crippen molar-refractivity contribution in [2.24, 2.45) is 5.92 Å². The number of hydrogen-bond acceptors (Lipinski definition) is 4. The fourth-order valence-electron chi connectivity index (χ4n) is 2.57. The molecule has 6 nitrogen and oxygen atoms in total. The van der Waals surface area contributed by atoms with E-state index in [-0.39, 0.29) is 25.0 Å². The Hall–Kier alpha value is -3.15. The van der Waals surface area contributed by atoms with Gasteiger partial charge in [0.15, 0.2) is 0 Å². The van der Waals surface area contributed by atoms with Gasteiger partial charge in [0.25, 0.3) is 5.91 Å². The Morgan fingerprint density at radius 3 is 2.18 bits per heavy atom. The first-order valence-electron chi connectivity index (χ1n) is 9.34. The van der Waals surface area contributed by atoms with Crippen LogP contribution in [0.2, 0.25) is 0 Å². The van der Waals surface area contributed by atoms with Crippen molar-refractivity contribution in [3.05, 3.63) is 71.8 Å². The fraction of sp³-hybridized carbons (Fsp3) is 0.318. The zero-order chi connectivity index (χ0) is 20.4. The molecule has 2 N–H and O–H groups in total. The predicted octanol–water partition coefficient (Wildman–Crippen LogP) is 2.69. The van der Waals surface area contributed by atoms with Crippen LogP contribution >= 0.6 is 0 Å². The summed E-state index contributed by atoms with van der Waals surface area (Å²) in [7, 11) is 0. The molecule has 2 atom stereocenters. The lowest BCUT2D eigenvalue weighted by Crippen LogP contribution is -2.51. The Balaban J connectivity index is 1.88. The summed E-state index contributed by atoms with van der Waals surface area (Å²) in [6.45, 7) is 3.71. The van der Waals surface area contributed by atoms with Gasteiger partial charge in [0.2, 0.25) is 5.91 Å². The van der Waals surface area contributed by atoms with Gasteiger partial charge in [-0.05, 0) is 23.6 Å². The van der Waals surface area contributed by atoms with Crippen LogP contribution in [0.3, 0.4) is 0 Å². The third-order valence-electron chi connectivity index (χ3n) is 4.47. The summed E-state index contributed by atoms with van der Waals surface area (Å²) in [5, 5.41) is 5.32. The third-order valence-corrected chi connectivity index (χ3v) is 4.47. The lowest BCUT2D eigenvalue weighted by atomic mass is 9.98. The van der Waals surface area contributed by atoms with Crippen LogP contribution in [0.5, 0.6) is 0 Å². The van der Waals surface area contributed by atoms with Crippen LogP contribution in [-0.2, 0) is 20.9 Å². The van der Waals surface area contributed by atoms with E-state index in [1.807, 2.05) is 50.2 Å². The summed E-state index contributed by atoms with van der Waals surface area (Å²) in [5.41, 5.74) is 1.35. The molecule has 0 unspecified atom stereocenters. The molecule has 2 rings (SSSR count). The van der Waals surface area contributed by atoms with Gasteiger partial charge in [0.05, 0.1) is 0 Å². The van der Waals surface area contributed by atoms with Crippen LogP contribution in [0.25, 0.3) is 0 Å². The minimum Gasteiger partial charge on any atom is -0.460 e. The standard InChI is InChI=1S/C22H26N2O4/c1-3-16(2)20(24-21(26)18-12-8-5-9-13-18)22(27)23-14-19(25)28-15-17-10-6-4-7-11-17/h4-13,16,20H,3,14-15H2,1-2H3,(H,23,27)(H,24,26)/t16-,20-/m0/s1. The highest BCUT2D eigenvalue weighted by atomic mass is 16.5. The molecule has 2 aromatic rings. The van der Waals surface area contributed by atoms with Gasteiger partial charge in [-0.3, -0.25) is 14.4 Å². The number of carbonyl (C=O) groups excluding carboxylic acids is 3. The Morgan fingerprint density at radius 1 is 0.964 bits per heavy atom. The van der Waals surface area contributed by atoms with Gasteiger partial charge in [-0.1, -0.05) is 68.8 Å². The number of ether oxygens (including phenoxy) is 1. The zero-order valence-corrected chi connectivity index (χ0v) is 16.2. The highest BCUT2D eigenvalue weighted by Crippen LogP contribution is 2.10. The molecule has 0 saturated heterocycles. The van der Waals surface area contributed by atoms with Crippen LogP contribution in [0.1, 0.15) is 36.2 Å². The highest BCUT2D eigenvalue weighted by molar-refractivity contribution is 5.98. The molecule has 0 heterocycles. The Bertz CT molecular complexity index is 778. The van der Waals surface area contributed by atoms with Gasteiger partial charge >= 0.3 is 5.97 Å². The summed E-state index contributed by atoms with van der Waals surface area (Å²) in [5.74, 6) is -1.36. The topological polar surface area (TPSA) is 84.5 Å². The smallest absolute Gasteiger partial charge is 0.325 e. The van der Waals surface area contributed by atoms with Crippen LogP contribution in [0, 0.1) is 5.92 Å². The molecule has 0 aromatic heterocycles. The van der Waals surface area contributed by atoms with Crippen molar-refractivity contribution in [1.82, 2.24) is 10.6 Å². The monoisotopic (exact) mass is 382 g/mol. The average molecular weight is 382 g/mol. The number of nitrogens with one attached hydrogen (secondary N) is 2. The normalized spacial score (nSPS) is 12.5. The van der Waals surface area contributed by atoms with E-state index in [0.29, 0.717) is 12.0 Å². The second-order valence-electron chi connectivity index (χ2n) is 6.57. The van der Waals surface area contributed by atoms with Crippen molar-refractivity contribution in [2.75, 3.05) is 6.54 Å². The number of rotatable bonds is 9. The predicted molar refractivity (Wildman–Crippen MR) is 106 cm³/mol. The summed E-state index contributed by atoms with van der Waals surface area (Å²) in [6, 6.07) is 17.3. The van der Waals surface area contributed by atoms with Crippen molar-refractivity contribution < 1.29 is 19.1 Å². The molecule has 6 heteroatoms. The van der Waals surface area contributed by atoms with E-state index in [1.54, 1.807) is 24.3 Å². The van der Waals surface area contributed by atoms with Crippen LogP contribution < -0.4 is 10.6 Å². The largest absolute Gasteiger partial charge is 0.460 e. The van der Waals surface area contributed by atoms with E-state index in [0.717, 1.165) is 5.56 Å². The van der Waals surface area contributed by atoms with Gasteiger partial charge in [0, 0.05) is 5.56 Å². The molecule has 0 aliphatic heterocycles. The maximum Gasteiger partial charge on any atom is 0.325 e. The summed E-state index contributed by atoms with van der Waals surface area (Å²) in [4.78, 5) is 36.9. The molecule has 2 aromatic carbocycles. The first-order chi connectivity index (χ1) is 13.5. The van der Waals surface area contributed by atoms with Gasteiger partial charge in [-0.2, -0.15) is 0 Å². The Labute approximate surface area is 165 Å². The maximum absolute atomic E-state index is 12.6. The van der Waals surface area contributed by atoms with Crippen molar-refractivity contribution in [1.29, 1.82) is 0 Å². The van der Waals surface area contributed by atoms with E-state index < -0.39 is 17.9 Å². The molecule has 0 bridgehead atoms. The Kier molecular flexibility index (Phi) is 8.21. The van der Waals surface area contributed by atoms with E-state index in [2.05, 4.69) is 10.6 Å². The number of hydrogen-bond donors (Lipinski definition) is 2. The van der Waals surface area contributed by atoms with E-state index in [1.165, 1.54) is 0 Å². The number of benzene rings is 2. The van der Waals surface area contributed by atoms with Crippen molar-refractivity contribution in [3.63, 3.8) is 0 Å². The molecule has 0 aliphatic carbocycles. The number of amides is 2. The molecule has 0 spiro atoms. The van der Waals surface area contributed by atoms with E-state index in [9.17, 15) is 14.4 Å². The lowest BCUT2D eigenvalue weighted by Gasteiger charge is -2.23. The molecule has 0 saturated carbocycles. The maximum atomic E-state index is 12.6. The van der Waals surface area contributed by atoms with Crippen molar-refractivity contribution in [3.8, 4) is 0 Å². The van der Waals surface area contributed by atoms with Crippen LogP contribution in [-0.4, -0.2) is 30.4 Å². The molecule has 28 heavy (non-hydrogen) atoms. The molecule has 0 radical (unpaired) electrons. The minimum atomic E-state index is -0.736. The minimum absolute atomic E-state index is 0.0898. The first-order valence-corrected chi connectivity index (χ1v) is 9.34. The summed E-state index contributed by atoms with van der Waals surface area (Å²) in [6.07, 6.45) is 0.700. The molecule has 0 aliphatic rings. The lowest BCUT2D eigenvalue weighted by molar-refractivity contribution is -0.145. The molecular formula is C22H26N2O4.